The Hall–Kier alpha value is -1.03. The quantitative estimate of drug-likeness (QED) is 0.286. The van der Waals surface area contributed by atoms with E-state index < -0.39 is 0 Å². The highest BCUT2D eigenvalue weighted by Gasteiger charge is 2.23. The molecular weight excluding hydrogens is 466 g/mol. The number of thioether (sulfide) groups is 1. The van der Waals surface area contributed by atoms with Crippen molar-refractivity contribution in [1.29, 1.82) is 0 Å². The standard InChI is InChI=1S/C18H27FN4OS.HI/c1-20-17(24)10-13-6-8-23(9-7-13)18(21-2)22-12-14-11-15(19)4-5-16(14)25-3;/h4-5,11,13H,6-10,12H2,1-3H3,(H,20,24)(H,21,22);1H. The fourth-order valence-corrected chi connectivity index (χ4v) is 3.70. The first kappa shape index (κ1) is 23.0. The van der Waals surface area contributed by atoms with Crippen LogP contribution in [-0.4, -0.2) is 50.2 Å². The van der Waals surface area contributed by atoms with Crippen LogP contribution in [-0.2, 0) is 11.3 Å². The van der Waals surface area contributed by atoms with Crippen LogP contribution >= 0.6 is 35.7 Å². The summed E-state index contributed by atoms with van der Waals surface area (Å²) < 4.78 is 13.5. The Labute approximate surface area is 176 Å². The summed E-state index contributed by atoms with van der Waals surface area (Å²) in [6, 6.07) is 4.87. The van der Waals surface area contributed by atoms with Crippen molar-refractivity contribution in [2.45, 2.75) is 30.7 Å². The smallest absolute Gasteiger partial charge is 0.220 e. The van der Waals surface area contributed by atoms with Crippen LogP contribution < -0.4 is 10.6 Å². The molecule has 8 heteroatoms. The second kappa shape index (κ2) is 11.6. The van der Waals surface area contributed by atoms with Gasteiger partial charge in [-0.05, 0) is 48.8 Å². The van der Waals surface area contributed by atoms with E-state index in [1.165, 1.54) is 6.07 Å². The molecule has 2 N–H and O–H groups in total. The third-order valence-electron chi connectivity index (χ3n) is 4.56. The third-order valence-corrected chi connectivity index (χ3v) is 5.40. The topological polar surface area (TPSA) is 56.7 Å². The summed E-state index contributed by atoms with van der Waals surface area (Å²) in [5.41, 5.74) is 0.933. The molecule has 146 valence electrons. The predicted molar refractivity (Wildman–Crippen MR) is 117 cm³/mol. The number of carbonyl (C=O) groups is 1. The summed E-state index contributed by atoms with van der Waals surface area (Å²) >= 11 is 1.61. The van der Waals surface area contributed by atoms with E-state index >= 15 is 0 Å². The first-order valence-electron chi connectivity index (χ1n) is 8.56. The SMILES string of the molecule is CN=C(NCc1cc(F)ccc1SC)N1CCC(CC(=O)NC)CC1.I. The molecule has 1 aliphatic heterocycles. The lowest BCUT2D eigenvalue weighted by Gasteiger charge is -2.34. The monoisotopic (exact) mass is 494 g/mol. The van der Waals surface area contributed by atoms with E-state index in [1.807, 2.05) is 12.3 Å². The maximum absolute atomic E-state index is 13.5. The number of hydrogen-bond donors (Lipinski definition) is 2. The van der Waals surface area contributed by atoms with E-state index in [0.717, 1.165) is 42.3 Å². The zero-order valence-corrected chi connectivity index (χ0v) is 18.7. The van der Waals surface area contributed by atoms with Gasteiger partial charge < -0.3 is 15.5 Å². The Morgan fingerprint density at radius 1 is 1.38 bits per heavy atom. The molecule has 0 spiro atoms. The number of aliphatic imine (C=N–C) groups is 1. The highest BCUT2D eigenvalue weighted by Crippen LogP contribution is 2.22. The van der Waals surface area contributed by atoms with Crippen LogP contribution in [0.2, 0.25) is 0 Å². The van der Waals surface area contributed by atoms with Crippen molar-refractivity contribution in [3.8, 4) is 0 Å². The summed E-state index contributed by atoms with van der Waals surface area (Å²) in [6.45, 7) is 2.29. The van der Waals surface area contributed by atoms with E-state index in [1.54, 1.807) is 31.9 Å². The van der Waals surface area contributed by atoms with Gasteiger partial charge in [-0.3, -0.25) is 9.79 Å². The zero-order chi connectivity index (χ0) is 18.2. The molecule has 1 aromatic carbocycles. The van der Waals surface area contributed by atoms with Gasteiger partial charge in [0, 0.05) is 45.0 Å². The minimum Gasteiger partial charge on any atom is -0.359 e. The molecule has 0 aromatic heterocycles. The average Bonchev–Trinajstić information content (AvgIpc) is 2.63. The van der Waals surface area contributed by atoms with Gasteiger partial charge in [0.05, 0.1) is 0 Å². The van der Waals surface area contributed by atoms with Gasteiger partial charge in [0.25, 0.3) is 0 Å². The van der Waals surface area contributed by atoms with Gasteiger partial charge in [-0.1, -0.05) is 0 Å². The Balaban J connectivity index is 0.00000338. The van der Waals surface area contributed by atoms with E-state index in [4.69, 9.17) is 0 Å². The number of nitrogens with zero attached hydrogens (tertiary/aromatic N) is 2. The van der Waals surface area contributed by atoms with Gasteiger partial charge in [-0.15, -0.1) is 35.7 Å². The molecule has 0 bridgehead atoms. The van der Waals surface area contributed by atoms with Crippen LogP contribution in [0.1, 0.15) is 24.8 Å². The van der Waals surface area contributed by atoms with Crippen LogP contribution in [0, 0.1) is 11.7 Å². The molecule has 0 radical (unpaired) electrons. The van der Waals surface area contributed by atoms with Crippen molar-refractivity contribution >= 4 is 47.6 Å². The van der Waals surface area contributed by atoms with Crippen molar-refractivity contribution in [3.05, 3.63) is 29.6 Å². The minimum atomic E-state index is -0.223. The number of rotatable bonds is 5. The number of carbonyl (C=O) groups excluding carboxylic acids is 1. The van der Waals surface area contributed by atoms with E-state index in [9.17, 15) is 9.18 Å². The summed E-state index contributed by atoms with van der Waals surface area (Å²) in [7, 11) is 3.44. The molecule has 1 aromatic rings. The van der Waals surface area contributed by atoms with Crippen LogP contribution in [0.15, 0.2) is 28.1 Å². The number of benzene rings is 1. The Bertz CT molecular complexity index is 621. The van der Waals surface area contributed by atoms with Crippen LogP contribution in [0.5, 0.6) is 0 Å². The van der Waals surface area contributed by atoms with Gasteiger partial charge in [0.15, 0.2) is 5.96 Å². The lowest BCUT2D eigenvalue weighted by Crippen LogP contribution is -2.45. The summed E-state index contributed by atoms with van der Waals surface area (Å²) in [5, 5.41) is 6.03. The molecule has 1 aliphatic rings. The van der Waals surface area contributed by atoms with Gasteiger partial charge in [0.1, 0.15) is 5.82 Å². The minimum absolute atomic E-state index is 0. The van der Waals surface area contributed by atoms with Crippen molar-refractivity contribution in [2.75, 3.05) is 33.4 Å². The Kier molecular flexibility index (Phi) is 10.3. The fraction of sp³-hybridized carbons (Fsp3) is 0.556. The Morgan fingerprint density at radius 2 is 2.08 bits per heavy atom. The molecular formula is C18H28FIN4OS. The van der Waals surface area contributed by atoms with Crippen molar-refractivity contribution in [2.24, 2.45) is 10.9 Å². The van der Waals surface area contributed by atoms with E-state index in [0.29, 0.717) is 18.9 Å². The maximum Gasteiger partial charge on any atom is 0.220 e. The molecule has 1 heterocycles. The highest BCUT2D eigenvalue weighted by atomic mass is 127. The number of halogens is 2. The first-order chi connectivity index (χ1) is 12.1. The molecule has 0 unspecified atom stereocenters. The maximum atomic E-state index is 13.5. The molecule has 1 amide bonds. The molecule has 1 saturated heterocycles. The highest BCUT2D eigenvalue weighted by molar-refractivity contribution is 14.0. The molecule has 1 fully saturated rings. The summed E-state index contributed by atoms with van der Waals surface area (Å²) in [4.78, 5) is 19.1. The van der Waals surface area contributed by atoms with Crippen molar-refractivity contribution in [1.82, 2.24) is 15.5 Å². The van der Waals surface area contributed by atoms with E-state index in [-0.39, 0.29) is 35.7 Å². The second-order valence-electron chi connectivity index (χ2n) is 6.16. The van der Waals surface area contributed by atoms with Gasteiger partial charge in [0.2, 0.25) is 5.91 Å². The van der Waals surface area contributed by atoms with Gasteiger partial charge >= 0.3 is 0 Å². The number of hydrogen-bond acceptors (Lipinski definition) is 3. The summed E-state index contributed by atoms with van der Waals surface area (Å²) in [6.07, 6.45) is 4.54. The number of likely N-dealkylation sites (tertiary alicyclic amines) is 1. The normalized spacial score (nSPS) is 15.4. The van der Waals surface area contributed by atoms with Gasteiger partial charge in [-0.2, -0.15) is 0 Å². The molecule has 5 nitrogen and oxygen atoms in total. The molecule has 2 rings (SSSR count). The molecule has 26 heavy (non-hydrogen) atoms. The Morgan fingerprint density at radius 3 is 2.65 bits per heavy atom. The van der Waals surface area contributed by atoms with Crippen molar-refractivity contribution < 1.29 is 9.18 Å². The van der Waals surface area contributed by atoms with Crippen molar-refractivity contribution in [3.63, 3.8) is 0 Å². The van der Waals surface area contributed by atoms with Gasteiger partial charge in [-0.25, -0.2) is 4.39 Å². The number of nitrogens with one attached hydrogen (secondary N) is 2. The molecule has 0 saturated carbocycles. The lowest BCUT2D eigenvalue weighted by atomic mass is 9.93. The van der Waals surface area contributed by atoms with E-state index in [2.05, 4.69) is 20.5 Å². The van der Waals surface area contributed by atoms with Crippen LogP contribution in [0.25, 0.3) is 0 Å². The predicted octanol–water partition coefficient (Wildman–Crippen LogP) is 3.09. The zero-order valence-electron chi connectivity index (χ0n) is 15.5. The molecule has 0 atom stereocenters. The van der Waals surface area contributed by atoms with Crippen LogP contribution in [0.4, 0.5) is 4.39 Å². The van der Waals surface area contributed by atoms with Crippen LogP contribution in [0.3, 0.4) is 0 Å². The first-order valence-corrected chi connectivity index (χ1v) is 9.78. The number of amides is 1. The second-order valence-corrected chi connectivity index (χ2v) is 7.01. The largest absolute Gasteiger partial charge is 0.359 e. The summed E-state index contributed by atoms with van der Waals surface area (Å²) in [5.74, 6) is 1.14. The third kappa shape index (κ3) is 6.61. The lowest BCUT2D eigenvalue weighted by molar-refractivity contribution is -0.121. The average molecular weight is 494 g/mol. The number of piperidine rings is 1. The fourth-order valence-electron chi connectivity index (χ4n) is 3.11. The number of guanidine groups is 1. The molecule has 0 aliphatic carbocycles.